The standard InChI is InChI=1S/C33H32N2O8S/c1-5-7-8-17-41-22-14-12-20(13-15-22)26-25(27(36)24-18-21-10-9-11-23(40-4)29(21)43-24)28(37)31(38)35(26)33-34-19(3)30(44-33)32(39)42-16-6-2/h6,9-15,18,26,37H,2,5,7-8,16-17H2,1,3-4H3. The molecule has 0 spiro atoms. The number of furan rings is 1. The third-order valence-corrected chi connectivity index (χ3v) is 8.26. The summed E-state index contributed by atoms with van der Waals surface area (Å²) in [4.78, 5) is 46.2. The van der Waals surface area contributed by atoms with Crippen LogP contribution < -0.4 is 14.4 Å². The number of ether oxygens (including phenoxy) is 3. The molecule has 0 radical (unpaired) electrons. The van der Waals surface area contributed by atoms with Crippen molar-refractivity contribution in [3.8, 4) is 11.5 Å². The number of nitrogens with zero attached hydrogens (tertiary/aromatic N) is 2. The van der Waals surface area contributed by atoms with Crippen molar-refractivity contribution in [3.63, 3.8) is 0 Å². The summed E-state index contributed by atoms with van der Waals surface area (Å²) in [5.41, 5.74) is 1.03. The summed E-state index contributed by atoms with van der Waals surface area (Å²) in [6.45, 7) is 7.85. The van der Waals surface area contributed by atoms with Crippen LogP contribution in [0.3, 0.4) is 0 Å². The normalized spacial score (nSPS) is 14.8. The van der Waals surface area contributed by atoms with Gasteiger partial charge < -0.3 is 23.7 Å². The summed E-state index contributed by atoms with van der Waals surface area (Å²) < 4.78 is 22.3. The molecule has 1 atom stereocenters. The first-order valence-electron chi connectivity index (χ1n) is 14.1. The summed E-state index contributed by atoms with van der Waals surface area (Å²) in [6, 6.07) is 12.6. The third kappa shape index (κ3) is 5.83. The average molecular weight is 617 g/mol. The molecule has 10 nitrogen and oxygen atoms in total. The number of carbonyl (C=O) groups is 3. The molecule has 11 heteroatoms. The lowest BCUT2D eigenvalue weighted by molar-refractivity contribution is -0.117. The van der Waals surface area contributed by atoms with Gasteiger partial charge in [0.1, 0.15) is 17.2 Å². The van der Waals surface area contributed by atoms with E-state index in [-0.39, 0.29) is 27.9 Å². The Kier molecular flexibility index (Phi) is 9.15. The third-order valence-electron chi connectivity index (χ3n) is 7.13. The number of aliphatic hydroxyl groups is 1. The van der Waals surface area contributed by atoms with Crippen molar-refractivity contribution in [1.29, 1.82) is 0 Å². The van der Waals surface area contributed by atoms with Crippen LogP contribution in [0.15, 0.2) is 76.9 Å². The van der Waals surface area contributed by atoms with Gasteiger partial charge in [0.2, 0.25) is 5.78 Å². The molecule has 1 aliphatic heterocycles. The molecule has 0 saturated heterocycles. The number of hydrogen-bond donors (Lipinski definition) is 1. The number of rotatable bonds is 13. The van der Waals surface area contributed by atoms with E-state index in [2.05, 4.69) is 18.5 Å². The van der Waals surface area contributed by atoms with Crippen LogP contribution in [0.1, 0.15) is 63.7 Å². The van der Waals surface area contributed by atoms with Crippen LogP contribution in [0.5, 0.6) is 11.5 Å². The van der Waals surface area contributed by atoms with E-state index in [1.807, 2.05) is 0 Å². The van der Waals surface area contributed by atoms with E-state index in [0.29, 0.717) is 40.3 Å². The maximum absolute atomic E-state index is 14.0. The Labute approximate surface area is 258 Å². The number of esters is 1. The second-order valence-electron chi connectivity index (χ2n) is 10.1. The number of aromatic nitrogens is 1. The second-order valence-corrected chi connectivity index (χ2v) is 11.1. The van der Waals surface area contributed by atoms with Crippen LogP contribution >= 0.6 is 11.3 Å². The molecule has 0 saturated carbocycles. The van der Waals surface area contributed by atoms with Crippen molar-refractivity contribution in [3.05, 3.63) is 94.4 Å². The van der Waals surface area contributed by atoms with Crippen LogP contribution in [0.4, 0.5) is 5.13 Å². The van der Waals surface area contributed by atoms with Gasteiger partial charge >= 0.3 is 5.97 Å². The highest BCUT2D eigenvalue weighted by Crippen LogP contribution is 2.44. The monoisotopic (exact) mass is 616 g/mol. The van der Waals surface area contributed by atoms with Crippen molar-refractivity contribution in [1.82, 2.24) is 4.98 Å². The molecule has 3 heterocycles. The largest absolute Gasteiger partial charge is 0.503 e. The molecular formula is C33H32N2O8S. The molecule has 228 valence electrons. The van der Waals surface area contributed by atoms with E-state index in [0.717, 1.165) is 30.6 Å². The number of thiazole rings is 1. The molecular weight excluding hydrogens is 584 g/mol. The Morgan fingerprint density at radius 1 is 1.18 bits per heavy atom. The van der Waals surface area contributed by atoms with Gasteiger partial charge in [0.25, 0.3) is 5.91 Å². The number of anilines is 1. The highest BCUT2D eigenvalue weighted by Gasteiger charge is 2.47. The molecule has 0 aliphatic carbocycles. The predicted molar refractivity (Wildman–Crippen MR) is 166 cm³/mol. The number of aryl methyl sites for hydroxylation is 1. The van der Waals surface area contributed by atoms with Gasteiger partial charge in [-0.3, -0.25) is 14.5 Å². The molecule has 2 aromatic heterocycles. The zero-order valence-corrected chi connectivity index (χ0v) is 25.4. The second kappa shape index (κ2) is 13.2. The van der Waals surface area contributed by atoms with Gasteiger partial charge in [-0.25, -0.2) is 9.78 Å². The van der Waals surface area contributed by atoms with Gasteiger partial charge in [-0.2, -0.15) is 0 Å². The summed E-state index contributed by atoms with van der Waals surface area (Å²) in [5.74, 6) is -1.90. The smallest absolute Gasteiger partial charge is 0.350 e. The highest BCUT2D eigenvalue weighted by atomic mass is 32.1. The number of fused-ring (bicyclic) bond motifs is 1. The van der Waals surface area contributed by atoms with Crippen LogP contribution in [-0.2, 0) is 9.53 Å². The SMILES string of the molecule is C=CCOC(=O)c1sc(N2C(=O)C(O)=C(C(=O)c3cc4cccc(OC)c4o3)C2c2ccc(OCCCCC)cc2)nc1C. The number of Topliss-reactive ketones (excluding diaryl/α,β-unsaturated/α-hetero) is 1. The summed E-state index contributed by atoms with van der Waals surface area (Å²) in [7, 11) is 1.49. The van der Waals surface area contributed by atoms with E-state index >= 15 is 0 Å². The van der Waals surface area contributed by atoms with E-state index in [1.165, 1.54) is 18.1 Å². The van der Waals surface area contributed by atoms with E-state index in [4.69, 9.17) is 18.6 Å². The van der Waals surface area contributed by atoms with Crippen molar-refractivity contribution in [2.75, 3.05) is 25.2 Å². The fourth-order valence-corrected chi connectivity index (χ4v) is 5.94. The first-order valence-corrected chi connectivity index (χ1v) is 15.0. The summed E-state index contributed by atoms with van der Waals surface area (Å²) in [5, 5.41) is 11.9. The maximum atomic E-state index is 14.0. The zero-order chi connectivity index (χ0) is 31.4. The van der Waals surface area contributed by atoms with Crippen LogP contribution in [-0.4, -0.2) is 48.1 Å². The molecule has 0 bridgehead atoms. The molecule has 2 aromatic carbocycles. The number of benzene rings is 2. The van der Waals surface area contributed by atoms with Gasteiger partial charge in [0.15, 0.2) is 28.0 Å². The minimum atomic E-state index is -1.08. The van der Waals surface area contributed by atoms with Crippen LogP contribution in [0.2, 0.25) is 0 Å². The van der Waals surface area contributed by atoms with Crippen molar-refractivity contribution in [2.45, 2.75) is 39.2 Å². The molecule has 0 fully saturated rings. The molecule has 5 rings (SSSR count). The van der Waals surface area contributed by atoms with E-state index in [9.17, 15) is 19.5 Å². The molecule has 1 amide bonds. The molecule has 4 aromatic rings. The first-order chi connectivity index (χ1) is 21.3. The van der Waals surface area contributed by atoms with Crippen molar-refractivity contribution >= 4 is 45.1 Å². The number of methoxy groups -OCH3 is 1. The maximum Gasteiger partial charge on any atom is 0.350 e. The first kappa shape index (κ1) is 30.6. The lowest BCUT2D eigenvalue weighted by atomic mass is 9.95. The van der Waals surface area contributed by atoms with Gasteiger partial charge in [-0.05, 0) is 43.2 Å². The summed E-state index contributed by atoms with van der Waals surface area (Å²) >= 11 is 0.928. The Balaban J connectivity index is 1.56. The van der Waals surface area contributed by atoms with Crippen molar-refractivity contribution in [2.24, 2.45) is 0 Å². The molecule has 1 N–H and O–H groups in total. The number of amides is 1. The number of para-hydroxylation sites is 1. The fourth-order valence-electron chi connectivity index (χ4n) is 4.95. The Morgan fingerprint density at radius 2 is 1.95 bits per heavy atom. The Bertz CT molecular complexity index is 1750. The fraction of sp³-hybridized carbons (Fsp3) is 0.273. The van der Waals surface area contributed by atoms with Gasteiger partial charge in [-0.15, -0.1) is 0 Å². The molecule has 1 aliphatic rings. The lowest BCUT2D eigenvalue weighted by Gasteiger charge is -2.24. The topological polar surface area (TPSA) is 128 Å². The lowest BCUT2D eigenvalue weighted by Crippen LogP contribution is -2.31. The minimum Gasteiger partial charge on any atom is -0.503 e. The number of aliphatic hydroxyl groups excluding tert-OH is 1. The van der Waals surface area contributed by atoms with E-state index < -0.39 is 29.5 Å². The van der Waals surface area contributed by atoms with Crippen LogP contribution in [0.25, 0.3) is 11.0 Å². The Morgan fingerprint density at radius 3 is 2.66 bits per heavy atom. The number of carbonyl (C=O) groups excluding carboxylic acids is 3. The molecule has 1 unspecified atom stereocenters. The Hall–Kier alpha value is -4.90. The predicted octanol–water partition coefficient (Wildman–Crippen LogP) is 6.90. The van der Waals surface area contributed by atoms with Crippen molar-refractivity contribution < 1.29 is 38.1 Å². The summed E-state index contributed by atoms with van der Waals surface area (Å²) in [6.07, 6.45) is 4.49. The average Bonchev–Trinajstić information content (AvgIpc) is 3.71. The van der Waals surface area contributed by atoms with Gasteiger partial charge in [0.05, 0.1) is 31.0 Å². The zero-order valence-electron chi connectivity index (χ0n) is 24.6. The number of ketones is 1. The minimum absolute atomic E-state index is 0.00687. The number of unbranched alkanes of at least 4 members (excludes halogenated alkanes) is 2. The number of hydrogen-bond acceptors (Lipinski definition) is 10. The highest BCUT2D eigenvalue weighted by molar-refractivity contribution is 7.17. The van der Waals surface area contributed by atoms with E-state index in [1.54, 1.807) is 55.5 Å². The molecule has 44 heavy (non-hydrogen) atoms. The quantitative estimate of drug-likeness (QED) is 0.0738. The van der Waals surface area contributed by atoms with Gasteiger partial charge in [-0.1, -0.05) is 68.0 Å². The van der Waals surface area contributed by atoms with Gasteiger partial charge in [0, 0.05) is 5.39 Å². The van der Waals surface area contributed by atoms with Crippen LogP contribution in [0, 0.1) is 6.92 Å².